The highest BCUT2D eigenvalue weighted by Crippen LogP contribution is 2.47. The summed E-state index contributed by atoms with van der Waals surface area (Å²) in [6, 6.07) is 21.8. The van der Waals surface area contributed by atoms with E-state index in [9.17, 15) is 9.18 Å². The molecule has 3 heterocycles. The van der Waals surface area contributed by atoms with Gasteiger partial charge in [-0.05, 0) is 80.6 Å². The van der Waals surface area contributed by atoms with E-state index in [1.807, 2.05) is 49.4 Å². The highest BCUT2D eigenvalue weighted by Gasteiger charge is 2.53. The highest BCUT2D eigenvalue weighted by molar-refractivity contribution is 6.00. The molecular weight excluding hydrogens is 493 g/mol. The van der Waals surface area contributed by atoms with Gasteiger partial charge in [0, 0.05) is 18.4 Å². The number of amides is 1. The third-order valence-corrected chi connectivity index (χ3v) is 7.58. The molecule has 1 aliphatic carbocycles. The molecule has 7 nitrogen and oxygen atoms in total. The fourth-order valence-corrected chi connectivity index (χ4v) is 5.47. The van der Waals surface area contributed by atoms with Crippen LogP contribution in [0.15, 0.2) is 79.0 Å². The van der Waals surface area contributed by atoms with Gasteiger partial charge in [-0.1, -0.05) is 30.3 Å². The average Bonchev–Trinajstić information content (AvgIpc) is 2.93. The molecule has 8 heteroatoms. The standard InChI is InChI=1S/C31H30FN5O2/c1-21-33-16-15-29(34-21)37-17-5-8-26-27(37)13-14-28(36-26)31(30(38)35-24-11-9-23(32)10-12-24)18-25(19-31)39-20-22-6-3-2-4-7-22/h2-4,6-7,9-16,25H,5,8,17-20H2,1H3,(H,35,38). The lowest BCUT2D eigenvalue weighted by atomic mass is 9.63. The first-order valence-electron chi connectivity index (χ1n) is 13.3. The zero-order chi connectivity index (χ0) is 26.8. The molecule has 4 aromatic rings. The highest BCUT2D eigenvalue weighted by atomic mass is 19.1. The van der Waals surface area contributed by atoms with Gasteiger partial charge in [0.1, 0.15) is 17.5 Å². The number of pyridine rings is 1. The predicted molar refractivity (Wildman–Crippen MR) is 147 cm³/mol. The molecule has 1 saturated carbocycles. The second kappa shape index (κ2) is 10.5. The van der Waals surface area contributed by atoms with Crippen LogP contribution in [0.1, 0.15) is 42.0 Å². The quantitative estimate of drug-likeness (QED) is 0.337. The van der Waals surface area contributed by atoms with E-state index in [-0.39, 0.29) is 17.8 Å². The van der Waals surface area contributed by atoms with E-state index in [2.05, 4.69) is 26.3 Å². The maximum absolute atomic E-state index is 13.8. The van der Waals surface area contributed by atoms with Crippen LogP contribution < -0.4 is 10.2 Å². The van der Waals surface area contributed by atoms with Crippen LogP contribution in [0.4, 0.5) is 21.6 Å². The van der Waals surface area contributed by atoms with Crippen molar-refractivity contribution in [3.8, 4) is 0 Å². The van der Waals surface area contributed by atoms with Crippen molar-refractivity contribution in [3.05, 3.63) is 108 Å². The SMILES string of the molecule is Cc1nccc(N2CCCc3nc(C4(C(=O)Nc5ccc(F)cc5)CC(OCc5ccccc5)C4)ccc32)n1. The molecule has 1 amide bonds. The fraction of sp³-hybridized carbons (Fsp3) is 0.290. The molecular formula is C31H30FN5O2. The molecule has 198 valence electrons. The predicted octanol–water partition coefficient (Wildman–Crippen LogP) is 5.66. The Morgan fingerprint density at radius 3 is 2.62 bits per heavy atom. The van der Waals surface area contributed by atoms with Crippen molar-refractivity contribution in [2.45, 2.75) is 50.7 Å². The lowest BCUT2D eigenvalue weighted by Gasteiger charge is -2.46. The van der Waals surface area contributed by atoms with Crippen LogP contribution >= 0.6 is 0 Å². The summed E-state index contributed by atoms with van der Waals surface area (Å²) < 4.78 is 19.6. The Kier molecular flexibility index (Phi) is 6.79. The minimum Gasteiger partial charge on any atom is -0.373 e. The van der Waals surface area contributed by atoms with E-state index in [1.54, 1.807) is 18.3 Å². The summed E-state index contributed by atoms with van der Waals surface area (Å²) >= 11 is 0. The van der Waals surface area contributed by atoms with Gasteiger partial charge in [0.25, 0.3) is 0 Å². The van der Waals surface area contributed by atoms with Crippen LogP contribution in [0, 0.1) is 12.7 Å². The lowest BCUT2D eigenvalue weighted by Crippen LogP contribution is -2.54. The Balaban J connectivity index is 1.28. The van der Waals surface area contributed by atoms with Crippen LogP contribution in [0.2, 0.25) is 0 Å². The number of aryl methyl sites for hydroxylation is 2. The van der Waals surface area contributed by atoms with Crippen LogP contribution in [-0.2, 0) is 28.0 Å². The Morgan fingerprint density at radius 1 is 1.05 bits per heavy atom. The van der Waals surface area contributed by atoms with E-state index in [0.29, 0.717) is 25.1 Å². The normalized spacial score (nSPS) is 20.2. The van der Waals surface area contributed by atoms with Crippen molar-refractivity contribution in [3.63, 3.8) is 0 Å². The van der Waals surface area contributed by atoms with Crippen molar-refractivity contribution in [2.75, 3.05) is 16.8 Å². The number of ether oxygens (including phenoxy) is 1. The van der Waals surface area contributed by atoms with E-state index >= 15 is 0 Å². The molecule has 0 spiro atoms. The summed E-state index contributed by atoms with van der Waals surface area (Å²) in [6.45, 7) is 3.22. The van der Waals surface area contributed by atoms with E-state index in [4.69, 9.17) is 9.72 Å². The third kappa shape index (κ3) is 5.12. The molecule has 39 heavy (non-hydrogen) atoms. The number of nitrogens with one attached hydrogen (secondary N) is 1. The van der Waals surface area contributed by atoms with Gasteiger partial charge in [-0.15, -0.1) is 0 Å². The van der Waals surface area contributed by atoms with Crippen LogP contribution in [-0.4, -0.2) is 33.5 Å². The Morgan fingerprint density at radius 2 is 1.85 bits per heavy atom. The fourth-order valence-electron chi connectivity index (χ4n) is 5.47. The number of halogens is 1. The molecule has 0 bridgehead atoms. The molecule has 6 rings (SSSR count). The zero-order valence-corrected chi connectivity index (χ0v) is 21.8. The first-order chi connectivity index (χ1) is 19.0. The largest absolute Gasteiger partial charge is 0.373 e. The van der Waals surface area contributed by atoms with Crippen molar-refractivity contribution in [2.24, 2.45) is 0 Å². The van der Waals surface area contributed by atoms with E-state index < -0.39 is 5.41 Å². The second-order valence-electron chi connectivity index (χ2n) is 10.2. The van der Waals surface area contributed by atoms with Crippen molar-refractivity contribution in [1.82, 2.24) is 15.0 Å². The number of benzene rings is 2. The third-order valence-electron chi connectivity index (χ3n) is 7.58. The molecule has 2 aromatic heterocycles. The minimum absolute atomic E-state index is 0.0671. The molecule has 0 atom stereocenters. The molecule has 1 N–H and O–H groups in total. The molecule has 0 saturated heterocycles. The van der Waals surface area contributed by atoms with Crippen LogP contribution in [0.5, 0.6) is 0 Å². The summed E-state index contributed by atoms with van der Waals surface area (Å²) in [5.41, 5.74) is 3.51. The topological polar surface area (TPSA) is 80.2 Å². The molecule has 0 unspecified atom stereocenters. The summed E-state index contributed by atoms with van der Waals surface area (Å²) in [6.07, 6.45) is 4.51. The smallest absolute Gasteiger partial charge is 0.236 e. The van der Waals surface area contributed by atoms with Gasteiger partial charge < -0.3 is 15.0 Å². The average molecular weight is 524 g/mol. The van der Waals surface area contributed by atoms with Crippen molar-refractivity contribution >= 4 is 23.1 Å². The Labute approximate surface area is 227 Å². The number of hydrogen-bond donors (Lipinski definition) is 1. The van der Waals surface area contributed by atoms with Gasteiger partial charge in [0.15, 0.2) is 0 Å². The Bertz CT molecular complexity index is 1470. The maximum Gasteiger partial charge on any atom is 0.236 e. The Hall–Kier alpha value is -4.17. The second-order valence-corrected chi connectivity index (χ2v) is 10.2. The summed E-state index contributed by atoms with van der Waals surface area (Å²) in [5, 5.41) is 3.00. The van der Waals surface area contributed by atoms with Gasteiger partial charge in [0.2, 0.25) is 5.91 Å². The van der Waals surface area contributed by atoms with Crippen LogP contribution in [0.3, 0.4) is 0 Å². The molecule has 2 aromatic carbocycles. The zero-order valence-electron chi connectivity index (χ0n) is 21.8. The number of fused-ring (bicyclic) bond motifs is 1. The van der Waals surface area contributed by atoms with Crippen molar-refractivity contribution < 1.29 is 13.9 Å². The summed E-state index contributed by atoms with van der Waals surface area (Å²) in [5.74, 6) is 1.07. The number of anilines is 3. The number of carbonyl (C=O) groups excluding carboxylic acids is 1. The van der Waals surface area contributed by atoms with Gasteiger partial charge in [-0.2, -0.15) is 0 Å². The first-order valence-corrected chi connectivity index (χ1v) is 13.3. The summed E-state index contributed by atoms with van der Waals surface area (Å²) in [7, 11) is 0. The van der Waals surface area contributed by atoms with Crippen molar-refractivity contribution in [1.29, 1.82) is 0 Å². The monoisotopic (exact) mass is 523 g/mol. The molecule has 1 fully saturated rings. The summed E-state index contributed by atoms with van der Waals surface area (Å²) in [4.78, 5) is 29.9. The molecule has 1 aliphatic heterocycles. The number of carbonyl (C=O) groups is 1. The molecule has 0 radical (unpaired) electrons. The molecule has 2 aliphatic rings. The van der Waals surface area contributed by atoms with Gasteiger partial charge in [0.05, 0.1) is 35.2 Å². The number of hydrogen-bond acceptors (Lipinski definition) is 6. The number of aromatic nitrogens is 3. The minimum atomic E-state index is -0.835. The van der Waals surface area contributed by atoms with Gasteiger partial charge in [-0.25, -0.2) is 14.4 Å². The van der Waals surface area contributed by atoms with E-state index in [0.717, 1.165) is 53.7 Å². The number of nitrogens with zero attached hydrogens (tertiary/aromatic N) is 4. The van der Waals surface area contributed by atoms with Gasteiger partial charge in [-0.3, -0.25) is 9.78 Å². The lowest BCUT2D eigenvalue weighted by molar-refractivity contribution is -0.134. The van der Waals surface area contributed by atoms with Crippen LogP contribution in [0.25, 0.3) is 0 Å². The number of rotatable bonds is 7. The first kappa shape index (κ1) is 25.1. The van der Waals surface area contributed by atoms with Gasteiger partial charge >= 0.3 is 0 Å². The maximum atomic E-state index is 13.8. The van der Waals surface area contributed by atoms with E-state index in [1.165, 1.54) is 12.1 Å².